The third-order valence-electron chi connectivity index (χ3n) is 3.65. The zero-order chi connectivity index (χ0) is 16.1. The van der Waals surface area contributed by atoms with Gasteiger partial charge in [-0.15, -0.1) is 0 Å². The molecule has 22 heavy (non-hydrogen) atoms. The molecule has 1 aromatic carbocycles. The predicted molar refractivity (Wildman–Crippen MR) is 80.8 cm³/mol. The minimum atomic E-state index is -0.959. The van der Waals surface area contributed by atoms with Crippen molar-refractivity contribution < 1.29 is 19.5 Å². The molecule has 0 aromatic heterocycles. The lowest BCUT2D eigenvalue weighted by atomic mass is 10.1. The standard InChI is InChI=1S/C16H20N2O4/c1-11(10-14(19)20)17-15(21)12-4-6-13(7-5-12)16(22)18-8-2-3-9-18/h4-7,11H,2-3,8-10H2,1H3,(H,17,21)(H,19,20). The molecule has 0 saturated carbocycles. The van der Waals surface area contributed by atoms with Crippen LogP contribution < -0.4 is 5.32 Å². The summed E-state index contributed by atoms with van der Waals surface area (Å²) in [5.74, 6) is -1.31. The molecule has 118 valence electrons. The third-order valence-corrected chi connectivity index (χ3v) is 3.65. The summed E-state index contributed by atoms with van der Waals surface area (Å²) in [4.78, 5) is 36.6. The second kappa shape index (κ2) is 7.06. The average Bonchev–Trinajstić information content (AvgIpc) is 2.99. The van der Waals surface area contributed by atoms with E-state index >= 15 is 0 Å². The fraction of sp³-hybridized carbons (Fsp3) is 0.438. The Kier molecular flexibility index (Phi) is 5.14. The van der Waals surface area contributed by atoms with Crippen molar-refractivity contribution in [2.75, 3.05) is 13.1 Å². The summed E-state index contributed by atoms with van der Waals surface area (Å²) in [6.07, 6.45) is 1.94. The van der Waals surface area contributed by atoms with Gasteiger partial charge in [-0.2, -0.15) is 0 Å². The number of nitrogens with one attached hydrogen (secondary N) is 1. The van der Waals surface area contributed by atoms with Crippen LogP contribution in [0.2, 0.25) is 0 Å². The highest BCUT2D eigenvalue weighted by Gasteiger charge is 2.19. The van der Waals surface area contributed by atoms with Crippen LogP contribution in [0.25, 0.3) is 0 Å². The molecule has 0 aliphatic carbocycles. The van der Waals surface area contributed by atoms with Gasteiger partial charge < -0.3 is 15.3 Å². The van der Waals surface area contributed by atoms with Crippen molar-refractivity contribution in [1.82, 2.24) is 10.2 Å². The lowest BCUT2D eigenvalue weighted by Crippen LogP contribution is -2.34. The highest BCUT2D eigenvalue weighted by atomic mass is 16.4. The fourth-order valence-corrected chi connectivity index (χ4v) is 2.49. The van der Waals surface area contributed by atoms with Crippen molar-refractivity contribution in [3.8, 4) is 0 Å². The van der Waals surface area contributed by atoms with E-state index < -0.39 is 12.0 Å². The Morgan fingerprint density at radius 1 is 1.14 bits per heavy atom. The van der Waals surface area contributed by atoms with E-state index in [0.29, 0.717) is 11.1 Å². The molecule has 1 atom stereocenters. The molecule has 6 nitrogen and oxygen atoms in total. The third kappa shape index (κ3) is 4.07. The van der Waals surface area contributed by atoms with Crippen molar-refractivity contribution in [3.05, 3.63) is 35.4 Å². The largest absolute Gasteiger partial charge is 0.481 e. The second-order valence-corrected chi connectivity index (χ2v) is 5.55. The number of likely N-dealkylation sites (tertiary alicyclic amines) is 1. The Hall–Kier alpha value is -2.37. The van der Waals surface area contributed by atoms with Crippen molar-refractivity contribution in [2.24, 2.45) is 0 Å². The van der Waals surface area contributed by atoms with Crippen LogP contribution in [0.4, 0.5) is 0 Å². The molecule has 1 aliphatic heterocycles. The van der Waals surface area contributed by atoms with Gasteiger partial charge >= 0.3 is 5.97 Å². The van der Waals surface area contributed by atoms with Crippen LogP contribution in [-0.4, -0.2) is 46.9 Å². The summed E-state index contributed by atoms with van der Waals surface area (Å²) in [6.45, 7) is 3.21. The number of amides is 2. The first kappa shape index (κ1) is 16.0. The zero-order valence-electron chi connectivity index (χ0n) is 12.5. The number of rotatable bonds is 5. The first-order valence-electron chi connectivity index (χ1n) is 7.39. The number of nitrogens with zero attached hydrogens (tertiary/aromatic N) is 1. The minimum absolute atomic E-state index is 0.0105. The van der Waals surface area contributed by atoms with Crippen LogP contribution in [0.1, 0.15) is 46.9 Å². The number of hydrogen-bond donors (Lipinski definition) is 2. The molecular formula is C16H20N2O4. The molecule has 1 saturated heterocycles. The highest BCUT2D eigenvalue weighted by molar-refractivity contribution is 5.98. The summed E-state index contributed by atoms with van der Waals surface area (Å²) in [5.41, 5.74) is 0.979. The number of hydrogen-bond acceptors (Lipinski definition) is 3. The van der Waals surface area contributed by atoms with Crippen molar-refractivity contribution >= 4 is 17.8 Å². The van der Waals surface area contributed by atoms with Gasteiger partial charge in [0, 0.05) is 30.3 Å². The van der Waals surface area contributed by atoms with Gasteiger partial charge in [-0.25, -0.2) is 0 Å². The van der Waals surface area contributed by atoms with Gasteiger partial charge in [0.2, 0.25) is 0 Å². The Morgan fingerprint density at radius 3 is 2.23 bits per heavy atom. The van der Waals surface area contributed by atoms with E-state index in [2.05, 4.69) is 5.32 Å². The number of carboxylic acids is 1. The second-order valence-electron chi connectivity index (χ2n) is 5.55. The van der Waals surface area contributed by atoms with E-state index in [4.69, 9.17) is 5.11 Å². The summed E-state index contributed by atoms with van der Waals surface area (Å²) in [5, 5.41) is 11.3. The molecule has 2 amide bonds. The molecule has 2 N–H and O–H groups in total. The Bertz CT molecular complexity index is 562. The van der Waals surface area contributed by atoms with Crippen LogP contribution in [0.15, 0.2) is 24.3 Å². The maximum atomic E-state index is 12.2. The summed E-state index contributed by atoms with van der Waals surface area (Å²) in [7, 11) is 0. The fourth-order valence-electron chi connectivity index (χ4n) is 2.49. The number of benzene rings is 1. The van der Waals surface area contributed by atoms with E-state index in [1.54, 1.807) is 31.2 Å². The normalized spacial score (nSPS) is 15.4. The quantitative estimate of drug-likeness (QED) is 0.863. The summed E-state index contributed by atoms with van der Waals surface area (Å²) in [6, 6.07) is 6.00. The number of carbonyl (C=O) groups is 3. The summed E-state index contributed by atoms with van der Waals surface area (Å²) >= 11 is 0. The lowest BCUT2D eigenvalue weighted by Gasteiger charge is -2.15. The molecule has 1 unspecified atom stereocenters. The monoisotopic (exact) mass is 304 g/mol. The molecule has 1 aliphatic rings. The molecule has 6 heteroatoms. The Balaban J connectivity index is 1.97. The molecule has 0 spiro atoms. The van der Waals surface area contributed by atoms with Crippen LogP contribution in [0, 0.1) is 0 Å². The first-order chi connectivity index (χ1) is 10.5. The van der Waals surface area contributed by atoms with Crippen LogP contribution in [0.5, 0.6) is 0 Å². The van der Waals surface area contributed by atoms with E-state index in [1.807, 2.05) is 4.90 Å². The smallest absolute Gasteiger partial charge is 0.305 e. The zero-order valence-corrected chi connectivity index (χ0v) is 12.5. The molecule has 1 aromatic rings. The molecule has 1 heterocycles. The maximum absolute atomic E-state index is 12.2. The molecule has 0 radical (unpaired) electrons. The van der Waals surface area contributed by atoms with Crippen LogP contribution in [0.3, 0.4) is 0 Å². The van der Waals surface area contributed by atoms with Gasteiger partial charge in [-0.05, 0) is 44.0 Å². The van der Waals surface area contributed by atoms with E-state index in [1.165, 1.54) is 0 Å². The Labute approximate surface area is 129 Å². The van der Waals surface area contributed by atoms with Crippen molar-refractivity contribution in [2.45, 2.75) is 32.2 Å². The van der Waals surface area contributed by atoms with Crippen molar-refractivity contribution in [1.29, 1.82) is 0 Å². The highest BCUT2D eigenvalue weighted by Crippen LogP contribution is 2.13. The van der Waals surface area contributed by atoms with Gasteiger partial charge in [0.25, 0.3) is 11.8 Å². The van der Waals surface area contributed by atoms with Gasteiger partial charge in [-0.1, -0.05) is 0 Å². The minimum Gasteiger partial charge on any atom is -0.481 e. The van der Waals surface area contributed by atoms with Gasteiger partial charge in [0.15, 0.2) is 0 Å². The van der Waals surface area contributed by atoms with E-state index in [-0.39, 0.29) is 18.2 Å². The van der Waals surface area contributed by atoms with E-state index in [9.17, 15) is 14.4 Å². The molecular weight excluding hydrogens is 284 g/mol. The molecule has 2 rings (SSSR count). The first-order valence-corrected chi connectivity index (χ1v) is 7.39. The van der Waals surface area contributed by atoms with Crippen molar-refractivity contribution in [3.63, 3.8) is 0 Å². The summed E-state index contributed by atoms with van der Waals surface area (Å²) < 4.78 is 0. The van der Waals surface area contributed by atoms with Gasteiger partial charge in [-0.3, -0.25) is 14.4 Å². The number of carboxylic acid groups (broad SMARTS) is 1. The topological polar surface area (TPSA) is 86.7 Å². The SMILES string of the molecule is CC(CC(=O)O)NC(=O)c1ccc(C(=O)N2CCCC2)cc1. The van der Waals surface area contributed by atoms with E-state index in [0.717, 1.165) is 25.9 Å². The lowest BCUT2D eigenvalue weighted by molar-refractivity contribution is -0.137. The molecule has 1 fully saturated rings. The average molecular weight is 304 g/mol. The van der Waals surface area contributed by atoms with Crippen LogP contribution in [-0.2, 0) is 4.79 Å². The maximum Gasteiger partial charge on any atom is 0.305 e. The Morgan fingerprint density at radius 2 is 1.68 bits per heavy atom. The molecule has 0 bridgehead atoms. The van der Waals surface area contributed by atoms with Crippen LogP contribution >= 0.6 is 0 Å². The number of carbonyl (C=O) groups excluding carboxylic acids is 2. The number of aliphatic carboxylic acids is 1. The predicted octanol–water partition coefficient (Wildman–Crippen LogP) is 1.52. The van der Waals surface area contributed by atoms with Gasteiger partial charge in [0.05, 0.1) is 6.42 Å². The van der Waals surface area contributed by atoms with Gasteiger partial charge in [0.1, 0.15) is 0 Å².